The first-order valence-electron chi connectivity index (χ1n) is 4.41. The molecule has 0 atom stereocenters. The smallest absolute Gasteiger partial charge is 0.257 e. The number of hydrogen-bond donors (Lipinski definition) is 1. The third-order valence-electron chi connectivity index (χ3n) is 2.06. The molecule has 4 heteroatoms. The average Bonchev–Trinajstić information content (AvgIpc) is 2.20. The lowest BCUT2D eigenvalue weighted by Gasteiger charge is -2.07. The summed E-state index contributed by atoms with van der Waals surface area (Å²) in [6, 6.07) is 10.6. The second kappa shape index (κ2) is 3.90. The molecule has 0 saturated heterocycles. The Morgan fingerprint density at radius 2 is 1.93 bits per heavy atom. The molecule has 0 radical (unpaired) electrons. The third kappa shape index (κ3) is 1.94. The van der Waals surface area contributed by atoms with Crippen molar-refractivity contribution in [3.05, 3.63) is 57.4 Å². The quantitative estimate of drug-likeness (QED) is 0.859. The molecule has 0 aliphatic rings. The number of nitrogens with two attached hydrogens (primary N) is 1. The van der Waals surface area contributed by atoms with Crippen LogP contribution in [0.2, 0.25) is 0 Å². The van der Waals surface area contributed by atoms with Gasteiger partial charge in [0.25, 0.3) is 5.56 Å². The SMILES string of the molecule is Nc1ccn(-c2ccccc2Br)c(=O)c1. The largest absolute Gasteiger partial charge is 0.399 e. The molecule has 0 bridgehead atoms. The molecule has 2 N–H and O–H groups in total. The number of nitrogens with zero attached hydrogens (tertiary/aromatic N) is 1. The van der Waals surface area contributed by atoms with E-state index in [1.54, 1.807) is 16.8 Å². The normalized spacial score (nSPS) is 10.2. The minimum Gasteiger partial charge on any atom is -0.399 e. The molecule has 2 aromatic rings. The Morgan fingerprint density at radius 3 is 2.60 bits per heavy atom. The van der Waals surface area contributed by atoms with Crippen molar-refractivity contribution in [2.24, 2.45) is 0 Å². The van der Waals surface area contributed by atoms with Crippen LogP contribution in [0.4, 0.5) is 5.69 Å². The van der Waals surface area contributed by atoms with Gasteiger partial charge < -0.3 is 5.73 Å². The van der Waals surface area contributed by atoms with Crippen LogP contribution >= 0.6 is 15.9 Å². The van der Waals surface area contributed by atoms with E-state index in [4.69, 9.17) is 5.73 Å². The van der Waals surface area contributed by atoms with Gasteiger partial charge in [0.15, 0.2) is 0 Å². The van der Waals surface area contributed by atoms with Crippen molar-refractivity contribution in [2.75, 3.05) is 5.73 Å². The van der Waals surface area contributed by atoms with Gasteiger partial charge in [-0.2, -0.15) is 0 Å². The molecule has 3 nitrogen and oxygen atoms in total. The van der Waals surface area contributed by atoms with Crippen molar-refractivity contribution < 1.29 is 0 Å². The number of pyridine rings is 1. The average molecular weight is 265 g/mol. The summed E-state index contributed by atoms with van der Waals surface area (Å²) in [6.45, 7) is 0. The predicted octanol–water partition coefficient (Wildman–Crippen LogP) is 2.18. The molecule has 0 aliphatic carbocycles. The van der Waals surface area contributed by atoms with Crippen LogP contribution in [0.25, 0.3) is 5.69 Å². The van der Waals surface area contributed by atoms with Gasteiger partial charge in [-0.25, -0.2) is 0 Å². The van der Waals surface area contributed by atoms with Gasteiger partial charge in [0.2, 0.25) is 0 Å². The number of aromatic nitrogens is 1. The summed E-state index contributed by atoms with van der Waals surface area (Å²) in [5, 5.41) is 0. The Kier molecular flexibility index (Phi) is 2.60. The van der Waals surface area contributed by atoms with Crippen LogP contribution in [0.1, 0.15) is 0 Å². The number of hydrogen-bond acceptors (Lipinski definition) is 2. The fraction of sp³-hybridized carbons (Fsp3) is 0. The predicted molar refractivity (Wildman–Crippen MR) is 64.2 cm³/mol. The van der Waals surface area contributed by atoms with Crippen LogP contribution < -0.4 is 11.3 Å². The summed E-state index contributed by atoms with van der Waals surface area (Å²) in [5.41, 5.74) is 6.66. The highest BCUT2D eigenvalue weighted by atomic mass is 79.9. The van der Waals surface area contributed by atoms with Crippen LogP contribution in [0.3, 0.4) is 0 Å². The Bertz CT molecular complexity index is 548. The van der Waals surface area contributed by atoms with E-state index in [0.717, 1.165) is 10.2 Å². The van der Waals surface area contributed by atoms with Crippen LogP contribution in [-0.4, -0.2) is 4.57 Å². The maximum absolute atomic E-state index is 11.7. The molecule has 0 unspecified atom stereocenters. The number of benzene rings is 1. The molecule has 1 aromatic carbocycles. The van der Waals surface area contributed by atoms with Gasteiger partial charge >= 0.3 is 0 Å². The van der Waals surface area contributed by atoms with Crippen LogP contribution in [0, 0.1) is 0 Å². The van der Waals surface area contributed by atoms with E-state index in [2.05, 4.69) is 15.9 Å². The van der Waals surface area contributed by atoms with Gasteiger partial charge in [0, 0.05) is 22.4 Å². The Balaban J connectivity index is 2.65. The van der Waals surface area contributed by atoms with Gasteiger partial charge in [-0.1, -0.05) is 12.1 Å². The maximum Gasteiger partial charge on any atom is 0.257 e. The summed E-state index contributed by atoms with van der Waals surface area (Å²) in [5.74, 6) is 0. The highest BCUT2D eigenvalue weighted by Gasteiger charge is 2.02. The van der Waals surface area contributed by atoms with E-state index in [0.29, 0.717) is 5.69 Å². The third-order valence-corrected chi connectivity index (χ3v) is 2.73. The zero-order chi connectivity index (χ0) is 10.8. The molecule has 0 aliphatic heterocycles. The molecular weight excluding hydrogens is 256 g/mol. The van der Waals surface area contributed by atoms with Crippen LogP contribution in [0.5, 0.6) is 0 Å². The van der Waals surface area contributed by atoms with Gasteiger partial charge in [0.05, 0.1) is 5.69 Å². The molecule has 2 rings (SSSR count). The van der Waals surface area contributed by atoms with E-state index in [1.165, 1.54) is 6.07 Å². The zero-order valence-corrected chi connectivity index (χ0v) is 9.44. The maximum atomic E-state index is 11.7. The van der Waals surface area contributed by atoms with Gasteiger partial charge in [0.1, 0.15) is 0 Å². The first-order chi connectivity index (χ1) is 7.18. The standard InChI is InChI=1S/C11H9BrN2O/c12-9-3-1-2-4-10(9)14-6-5-8(13)7-11(14)15/h1-7H,13H2. The molecule has 0 fully saturated rings. The number of nitrogen functional groups attached to an aromatic ring is 1. The second-order valence-electron chi connectivity index (χ2n) is 3.12. The molecular formula is C11H9BrN2O. The number of para-hydroxylation sites is 1. The Morgan fingerprint density at radius 1 is 1.20 bits per heavy atom. The van der Waals surface area contributed by atoms with Crippen molar-refractivity contribution in [1.82, 2.24) is 4.57 Å². The van der Waals surface area contributed by atoms with Crippen LogP contribution in [0.15, 0.2) is 51.9 Å². The van der Waals surface area contributed by atoms with E-state index < -0.39 is 0 Å². The van der Waals surface area contributed by atoms with Crippen molar-refractivity contribution in [1.29, 1.82) is 0 Å². The first kappa shape index (κ1) is 9.98. The lowest BCUT2D eigenvalue weighted by Crippen LogP contribution is -2.17. The zero-order valence-electron chi connectivity index (χ0n) is 7.85. The first-order valence-corrected chi connectivity index (χ1v) is 5.21. The molecule has 76 valence electrons. The summed E-state index contributed by atoms with van der Waals surface area (Å²) in [4.78, 5) is 11.7. The summed E-state index contributed by atoms with van der Waals surface area (Å²) in [6.07, 6.45) is 1.66. The Labute approximate surface area is 95.3 Å². The van der Waals surface area contributed by atoms with Crippen molar-refractivity contribution >= 4 is 21.6 Å². The van der Waals surface area contributed by atoms with Gasteiger partial charge in [-0.15, -0.1) is 0 Å². The molecule has 1 aromatic heterocycles. The lowest BCUT2D eigenvalue weighted by atomic mass is 10.3. The van der Waals surface area contributed by atoms with E-state index in [-0.39, 0.29) is 5.56 Å². The highest BCUT2D eigenvalue weighted by Crippen LogP contribution is 2.18. The van der Waals surface area contributed by atoms with Crippen LogP contribution in [-0.2, 0) is 0 Å². The summed E-state index contributed by atoms with van der Waals surface area (Å²) >= 11 is 3.39. The minimum absolute atomic E-state index is 0.137. The fourth-order valence-electron chi connectivity index (χ4n) is 1.34. The van der Waals surface area contributed by atoms with Gasteiger partial charge in [-0.05, 0) is 34.1 Å². The van der Waals surface area contributed by atoms with Crippen molar-refractivity contribution in [3.8, 4) is 5.69 Å². The van der Waals surface area contributed by atoms with Gasteiger partial charge in [-0.3, -0.25) is 9.36 Å². The molecule has 0 spiro atoms. The van der Waals surface area contributed by atoms with E-state index in [1.807, 2.05) is 24.3 Å². The summed E-state index contributed by atoms with van der Waals surface area (Å²) in [7, 11) is 0. The summed E-state index contributed by atoms with van der Waals surface area (Å²) < 4.78 is 2.41. The van der Waals surface area contributed by atoms with Crippen molar-refractivity contribution in [2.45, 2.75) is 0 Å². The number of halogens is 1. The molecule has 0 amide bonds. The fourth-order valence-corrected chi connectivity index (χ4v) is 1.82. The monoisotopic (exact) mass is 264 g/mol. The second-order valence-corrected chi connectivity index (χ2v) is 3.97. The minimum atomic E-state index is -0.137. The van der Waals surface area contributed by atoms with E-state index in [9.17, 15) is 4.79 Å². The molecule has 15 heavy (non-hydrogen) atoms. The Hall–Kier alpha value is -1.55. The number of anilines is 1. The molecule has 1 heterocycles. The topological polar surface area (TPSA) is 48.0 Å². The highest BCUT2D eigenvalue weighted by molar-refractivity contribution is 9.10. The number of rotatable bonds is 1. The molecule has 0 saturated carbocycles. The van der Waals surface area contributed by atoms with E-state index >= 15 is 0 Å². The van der Waals surface area contributed by atoms with Crippen molar-refractivity contribution in [3.63, 3.8) is 0 Å². The lowest BCUT2D eigenvalue weighted by molar-refractivity contribution is 0.986.